The Morgan fingerprint density at radius 3 is 2.64 bits per heavy atom. The summed E-state index contributed by atoms with van der Waals surface area (Å²) in [6, 6.07) is 0. The molecule has 0 saturated heterocycles. The molecule has 1 rings (SSSR count). The Balaban J connectivity index is 2.26. The Bertz CT molecular complexity index is 173. The smallest absolute Gasteiger partial charge is 0.205 e. The molecule has 0 spiro atoms. The summed E-state index contributed by atoms with van der Waals surface area (Å²) in [5.74, 6) is 6.82. The van der Waals surface area contributed by atoms with E-state index >= 15 is 0 Å². The lowest BCUT2D eigenvalue weighted by atomic mass is 9.89. The van der Waals surface area contributed by atoms with Gasteiger partial charge in [-0.05, 0) is 25.7 Å². The topological polar surface area (TPSA) is 62.4 Å². The van der Waals surface area contributed by atoms with E-state index in [0.29, 0.717) is 0 Å². The van der Waals surface area contributed by atoms with Gasteiger partial charge in [-0.3, -0.25) is 10.4 Å². The lowest BCUT2D eigenvalue weighted by molar-refractivity contribution is 0.366. The predicted molar refractivity (Wildman–Crippen MR) is 59.9 cm³/mol. The fourth-order valence-corrected chi connectivity index (χ4v) is 1.91. The molecule has 4 heteroatoms. The van der Waals surface area contributed by atoms with Crippen LogP contribution in [0.1, 0.15) is 39.0 Å². The molecular weight excluding hydrogens is 176 g/mol. The number of hydrogen-bond donors (Lipinski definition) is 3. The van der Waals surface area contributed by atoms with Crippen molar-refractivity contribution in [2.45, 2.75) is 39.0 Å². The SMILES string of the molecule is CCNC(=NCC1CCCCC1)NN. The monoisotopic (exact) mass is 198 g/mol. The van der Waals surface area contributed by atoms with Crippen molar-refractivity contribution in [3.8, 4) is 0 Å². The summed E-state index contributed by atoms with van der Waals surface area (Å²) in [5, 5.41) is 3.09. The van der Waals surface area contributed by atoms with Crippen LogP contribution in [0.5, 0.6) is 0 Å². The van der Waals surface area contributed by atoms with E-state index in [2.05, 4.69) is 15.7 Å². The van der Waals surface area contributed by atoms with Crippen molar-refractivity contribution in [2.75, 3.05) is 13.1 Å². The van der Waals surface area contributed by atoms with Gasteiger partial charge in [0.25, 0.3) is 0 Å². The van der Waals surface area contributed by atoms with Gasteiger partial charge >= 0.3 is 0 Å². The zero-order chi connectivity index (χ0) is 10.2. The van der Waals surface area contributed by atoms with E-state index in [-0.39, 0.29) is 0 Å². The minimum absolute atomic E-state index is 0.720. The molecule has 0 radical (unpaired) electrons. The number of hydrogen-bond acceptors (Lipinski definition) is 2. The second-order valence-electron chi connectivity index (χ2n) is 3.87. The van der Waals surface area contributed by atoms with Gasteiger partial charge in [0.15, 0.2) is 0 Å². The lowest BCUT2D eigenvalue weighted by Gasteiger charge is -2.19. The van der Waals surface area contributed by atoms with Crippen LogP contribution < -0.4 is 16.6 Å². The van der Waals surface area contributed by atoms with Gasteiger partial charge in [-0.1, -0.05) is 19.3 Å². The minimum Gasteiger partial charge on any atom is -0.356 e. The molecule has 0 unspecified atom stereocenters. The van der Waals surface area contributed by atoms with Crippen LogP contribution >= 0.6 is 0 Å². The van der Waals surface area contributed by atoms with E-state index in [1.807, 2.05) is 6.92 Å². The molecule has 0 amide bonds. The molecule has 4 N–H and O–H groups in total. The number of nitrogens with zero attached hydrogens (tertiary/aromatic N) is 1. The van der Waals surface area contributed by atoms with Crippen LogP contribution in [0.3, 0.4) is 0 Å². The number of nitrogens with one attached hydrogen (secondary N) is 2. The van der Waals surface area contributed by atoms with Crippen molar-refractivity contribution in [3.63, 3.8) is 0 Å². The zero-order valence-corrected chi connectivity index (χ0v) is 9.05. The summed E-state index contributed by atoms with van der Waals surface area (Å²) < 4.78 is 0. The molecule has 1 aliphatic carbocycles. The van der Waals surface area contributed by atoms with Crippen LogP contribution in [-0.2, 0) is 0 Å². The van der Waals surface area contributed by atoms with Gasteiger partial charge in [0.1, 0.15) is 0 Å². The van der Waals surface area contributed by atoms with E-state index in [1.54, 1.807) is 0 Å². The first kappa shape index (κ1) is 11.3. The summed E-state index contributed by atoms with van der Waals surface area (Å²) >= 11 is 0. The number of hydrazine groups is 1. The molecule has 0 bridgehead atoms. The van der Waals surface area contributed by atoms with E-state index in [0.717, 1.165) is 25.0 Å². The van der Waals surface area contributed by atoms with E-state index in [9.17, 15) is 0 Å². The largest absolute Gasteiger partial charge is 0.356 e. The number of rotatable bonds is 3. The second-order valence-corrected chi connectivity index (χ2v) is 3.87. The Labute approximate surface area is 86.3 Å². The molecule has 0 aromatic rings. The summed E-state index contributed by atoms with van der Waals surface area (Å²) in [4.78, 5) is 4.43. The fraction of sp³-hybridized carbons (Fsp3) is 0.900. The van der Waals surface area contributed by atoms with Gasteiger partial charge in [0.2, 0.25) is 5.96 Å². The van der Waals surface area contributed by atoms with Gasteiger partial charge in [-0.25, -0.2) is 5.84 Å². The minimum atomic E-state index is 0.720. The molecule has 0 atom stereocenters. The molecule has 14 heavy (non-hydrogen) atoms. The quantitative estimate of drug-likeness (QED) is 0.274. The van der Waals surface area contributed by atoms with Crippen LogP contribution in [0, 0.1) is 5.92 Å². The molecule has 4 nitrogen and oxygen atoms in total. The average molecular weight is 198 g/mol. The Morgan fingerprint density at radius 1 is 1.36 bits per heavy atom. The Hall–Kier alpha value is -0.770. The van der Waals surface area contributed by atoms with Crippen molar-refractivity contribution in [1.29, 1.82) is 0 Å². The van der Waals surface area contributed by atoms with Crippen molar-refractivity contribution >= 4 is 5.96 Å². The molecule has 82 valence electrons. The molecule has 0 aromatic carbocycles. The highest BCUT2D eigenvalue weighted by molar-refractivity contribution is 5.79. The van der Waals surface area contributed by atoms with Crippen LogP contribution in [0.2, 0.25) is 0 Å². The number of nitrogens with two attached hydrogens (primary N) is 1. The Morgan fingerprint density at radius 2 is 2.07 bits per heavy atom. The highest BCUT2D eigenvalue weighted by atomic mass is 15.3. The Kier molecular flexibility index (Phi) is 5.37. The maximum Gasteiger partial charge on any atom is 0.205 e. The number of aliphatic imine (C=N–C) groups is 1. The summed E-state index contributed by atoms with van der Waals surface area (Å²) in [6.45, 7) is 3.80. The molecule has 1 saturated carbocycles. The van der Waals surface area contributed by atoms with Crippen LogP contribution in [-0.4, -0.2) is 19.0 Å². The van der Waals surface area contributed by atoms with Crippen LogP contribution in [0.25, 0.3) is 0 Å². The first-order chi connectivity index (χ1) is 6.86. The molecule has 1 fully saturated rings. The van der Waals surface area contributed by atoms with E-state index in [4.69, 9.17) is 5.84 Å². The van der Waals surface area contributed by atoms with Crippen LogP contribution in [0.4, 0.5) is 0 Å². The third-order valence-corrected chi connectivity index (χ3v) is 2.71. The average Bonchev–Trinajstić information content (AvgIpc) is 2.25. The molecule has 0 aromatic heterocycles. The molecule has 1 aliphatic rings. The predicted octanol–water partition coefficient (Wildman–Crippen LogP) is 0.996. The van der Waals surface area contributed by atoms with Gasteiger partial charge in [0.05, 0.1) is 0 Å². The molecular formula is C10H22N4. The second kappa shape index (κ2) is 6.65. The first-order valence-corrected chi connectivity index (χ1v) is 5.61. The van der Waals surface area contributed by atoms with Crippen molar-refractivity contribution in [2.24, 2.45) is 16.8 Å². The lowest BCUT2D eigenvalue weighted by Crippen LogP contribution is -2.41. The summed E-state index contributed by atoms with van der Waals surface area (Å²) in [7, 11) is 0. The highest BCUT2D eigenvalue weighted by Gasteiger charge is 2.12. The van der Waals surface area contributed by atoms with Crippen LogP contribution in [0.15, 0.2) is 4.99 Å². The van der Waals surface area contributed by atoms with Gasteiger partial charge < -0.3 is 5.32 Å². The molecule has 0 heterocycles. The van der Waals surface area contributed by atoms with Crippen molar-refractivity contribution in [3.05, 3.63) is 0 Å². The van der Waals surface area contributed by atoms with Crippen molar-refractivity contribution < 1.29 is 0 Å². The molecule has 0 aliphatic heterocycles. The summed E-state index contributed by atoms with van der Waals surface area (Å²) in [6.07, 6.45) is 6.79. The summed E-state index contributed by atoms with van der Waals surface area (Å²) in [5.41, 5.74) is 2.58. The van der Waals surface area contributed by atoms with E-state index < -0.39 is 0 Å². The van der Waals surface area contributed by atoms with Gasteiger partial charge in [0, 0.05) is 13.1 Å². The van der Waals surface area contributed by atoms with Gasteiger partial charge in [-0.2, -0.15) is 0 Å². The third kappa shape index (κ3) is 3.96. The van der Waals surface area contributed by atoms with Crippen molar-refractivity contribution in [1.82, 2.24) is 10.7 Å². The maximum absolute atomic E-state index is 5.33. The van der Waals surface area contributed by atoms with Gasteiger partial charge in [-0.15, -0.1) is 0 Å². The fourth-order valence-electron chi connectivity index (χ4n) is 1.91. The zero-order valence-electron chi connectivity index (χ0n) is 9.05. The first-order valence-electron chi connectivity index (χ1n) is 5.61. The highest BCUT2D eigenvalue weighted by Crippen LogP contribution is 2.23. The third-order valence-electron chi connectivity index (χ3n) is 2.71. The normalized spacial score (nSPS) is 19.4. The maximum atomic E-state index is 5.33. The van der Waals surface area contributed by atoms with E-state index in [1.165, 1.54) is 32.1 Å². The standard InChI is InChI=1S/C10H22N4/c1-2-12-10(14-11)13-8-9-6-4-3-5-7-9/h9H,2-8,11H2,1H3,(H2,12,13,14). The number of guanidine groups is 1.